The summed E-state index contributed by atoms with van der Waals surface area (Å²) in [5.41, 5.74) is 6.41. The Kier molecular flexibility index (Phi) is 7.07. The predicted molar refractivity (Wildman–Crippen MR) is 113 cm³/mol. The molecule has 5 heteroatoms. The highest BCUT2D eigenvalue weighted by Crippen LogP contribution is 2.23. The molecule has 2 aromatic rings. The van der Waals surface area contributed by atoms with E-state index in [-0.39, 0.29) is 11.2 Å². The van der Waals surface area contributed by atoms with Crippen LogP contribution in [0.5, 0.6) is 0 Å². The molecule has 0 aromatic heterocycles. The first-order valence-corrected chi connectivity index (χ1v) is 10.3. The Morgan fingerprint density at radius 2 is 1.78 bits per heavy atom. The number of nitrogens with one attached hydrogen (secondary N) is 1. The van der Waals surface area contributed by atoms with Crippen molar-refractivity contribution < 1.29 is 4.79 Å². The third-order valence-corrected chi connectivity index (χ3v) is 5.82. The molecule has 0 radical (unpaired) electrons. The van der Waals surface area contributed by atoms with Crippen LogP contribution in [0.4, 0.5) is 0 Å². The number of amides is 1. The number of carbonyl (C=O) groups excluding carboxylic acids is 1. The van der Waals surface area contributed by atoms with Crippen LogP contribution in [0.1, 0.15) is 30.9 Å². The van der Waals surface area contributed by atoms with Gasteiger partial charge in [0, 0.05) is 43.1 Å². The Hall–Kier alpha value is -2.11. The maximum Gasteiger partial charge on any atom is 0.253 e. The highest BCUT2D eigenvalue weighted by Gasteiger charge is 2.17. The van der Waals surface area contributed by atoms with Gasteiger partial charge in [-0.2, -0.15) is 5.10 Å². The molecular weight excluding hydrogens is 354 g/mol. The van der Waals surface area contributed by atoms with Crippen molar-refractivity contribution in [1.82, 2.24) is 10.3 Å². The first-order chi connectivity index (χ1) is 13.1. The summed E-state index contributed by atoms with van der Waals surface area (Å²) in [6.07, 6.45) is 1.82. The van der Waals surface area contributed by atoms with E-state index >= 15 is 0 Å². The number of nitrogens with zero attached hydrogens (tertiary/aromatic N) is 2. The quantitative estimate of drug-likeness (QED) is 0.601. The third kappa shape index (κ3) is 6.22. The summed E-state index contributed by atoms with van der Waals surface area (Å²) in [5.74, 6) is -0.0419. The maximum atomic E-state index is 12.3. The highest BCUT2D eigenvalue weighted by molar-refractivity contribution is 8.00. The van der Waals surface area contributed by atoms with Crippen molar-refractivity contribution in [1.29, 1.82) is 0 Å². The number of carbonyl (C=O) groups is 1. The van der Waals surface area contributed by atoms with Gasteiger partial charge in [0.05, 0.1) is 5.25 Å². The van der Waals surface area contributed by atoms with Gasteiger partial charge in [0.1, 0.15) is 0 Å². The Balaban J connectivity index is 1.43. The zero-order chi connectivity index (χ0) is 19.1. The van der Waals surface area contributed by atoms with E-state index in [0.29, 0.717) is 0 Å². The van der Waals surface area contributed by atoms with Crippen molar-refractivity contribution >= 4 is 23.4 Å². The fraction of sp³-hybridized carbons (Fsp3) is 0.364. The first kappa shape index (κ1) is 19.6. The average Bonchev–Trinajstić information content (AvgIpc) is 2.69. The lowest BCUT2D eigenvalue weighted by Gasteiger charge is -2.27. The van der Waals surface area contributed by atoms with Gasteiger partial charge in [0.2, 0.25) is 0 Å². The fourth-order valence-electron chi connectivity index (χ4n) is 3.02. The number of hydrogen-bond donors (Lipinski definition) is 1. The summed E-state index contributed by atoms with van der Waals surface area (Å²) in [6.45, 7) is 6.92. The molecular formula is C22H27N3OS. The number of benzene rings is 2. The Labute approximate surface area is 166 Å². The van der Waals surface area contributed by atoms with E-state index in [0.717, 1.165) is 43.1 Å². The predicted octanol–water partition coefficient (Wildman–Crippen LogP) is 4.24. The molecule has 27 heavy (non-hydrogen) atoms. The zero-order valence-corrected chi connectivity index (χ0v) is 16.8. The zero-order valence-electron chi connectivity index (χ0n) is 16.0. The van der Waals surface area contributed by atoms with Crippen molar-refractivity contribution in [3.8, 4) is 0 Å². The van der Waals surface area contributed by atoms with Gasteiger partial charge in [0.15, 0.2) is 0 Å². The number of hydrazone groups is 1. The van der Waals surface area contributed by atoms with E-state index in [1.807, 2.05) is 13.0 Å². The molecule has 1 heterocycles. The van der Waals surface area contributed by atoms with Gasteiger partial charge in [-0.05, 0) is 31.5 Å². The standard InChI is InChI=1S/C22H27N3OS/c1-17-8-10-21(11-9-17)27-18(2)22(26)24-23-20-12-14-25(15-13-20)16-19-6-4-3-5-7-19/h3-11,18H,12-16H2,1-2H3,(H,24,26)/t18-/m1/s1. The topological polar surface area (TPSA) is 44.7 Å². The lowest BCUT2D eigenvalue weighted by Crippen LogP contribution is -2.35. The summed E-state index contributed by atoms with van der Waals surface area (Å²) >= 11 is 1.56. The van der Waals surface area contributed by atoms with Crippen LogP contribution in [0.15, 0.2) is 64.6 Å². The lowest BCUT2D eigenvalue weighted by atomic mass is 10.1. The molecule has 1 fully saturated rings. The molecule has 1 amide bonds. The van der Waals surface area contributed by atoms with Crippen LogP contribution >= 0.6 is 11.8 Å². The van der Waals surface area contributed by atoms with Gasteiger partial charge in [0.25, 0.3) is 5.91 Å². The monoisotopic (exact) mass is 381 g/mol. The van der Waals surface area contributed by atoms with E-state index in [1.165, 1.54) is 11.1 Å². The smallest absolute Gasteiger partial charge is 0.253 e. The Morgan fingerprint density at radius 1 is 1.11 bits per heavy atom. The summed E-state index contributed by atoms with van der Waals surface area (Å²) in [7, 11) is 0. The first-order valence-electron chi connectivity index (χ1n) is 9.45. The molecule has 0 aliphatic carbocycles. The molecule has 0 saturated carbocycles. The van der Waals surface area contributed by atoms with Crippen LogP contribution in [0.3, 0.4) is 0 Å². The molecule has 0 spiro atoms. The Bertz CT molecular complexity index is 764. The second kappa shape index (κ2) is 9.72. The number of hydrogen-bond acceptors (Lipinski definition) is 4. The summed E-state index contributed by atoms with van der Waals surface area (Å²) in [5, 5.41) is 4.21. The molecule has 1 N–H and O–H groups in total. The van der Waals surface area contributed by atoms with Gasteiger partial charge < -0.3 is 0 Å². The van der Waals surface area contributed by atoms with Gasteiger partial charge in [-0.25, -0.2) is 5.43 Å². The molecule has 0 unspecified atom stereocenters. The van der Waals surface area contributed by atoms with Gasteiger partial charge in [-0.1, -0.05) is 48.0 Å². The van der Waals surface area contributed by atoms with Crippen LogP contribution in [-0.4, -0.2) is 34.9 Å². The van der Waals surface area contributed by atoms with E-state index < -0.39 is 0 Å². The van der Waals surface area contributed by atoms with E-state index in [4.69, 9.17) is 0 Å². The number of rotatable bonds is 6. The number of piperidine rings is 1. The van der Waals surface area contributed by atoms with E-state index in [9.17, 15) is 4.79 Å². The molecule has 1 aliphatic rings. The highest BCUT2D eigenvalue weighted by atomic mass is 32.2. The van der Waals surface area contributed by atoms with Gasteiger partial charge >= 0.3 is 0 Å². The third-order valence-electron chi connectivity index (χ3n) is 4.71. The van der Waals surface area contributed by atoms with Crippen LogP contribution in [0.2, 0.25) is 0 Å². The van der Waals surface area contributed by atoms with Gasteiger partial charge in [-0.15, -0.1) is 11.8 Å². The molecule has 1 atom stereocenters. The van der Waals surface area contributed by atoms with Crippen molar-refractivity contribution in [2.24, 2.45) is 5.10 Å². The second-order valence-electron chi connectivity index (χ2n) is 6.99. The van der Waals surface area contributed by atoms with Crippen molar-refractivity contribution in [2.75, 3.05) is 13.1 Å². The van der Waals surface area contributed by atoms with Crippen LogP contribution in [0, 0.1) is 6.92 Å². The molecule has 0 bridgehead atoms. The van der Waals surface area contributed by atoms with E-state index in [2.05, 4.69) is 70.9 Å². The lowest BCUT2D eigenvalue weighted by molar-refractivity contribution is -0.120. The van der Waals surface area contributed by atoms with E-state index in [1.54, 1.807) is 11.8 Å². The molecule has 1 saturated heterocycles. The minimum Gasteiger partial charge on any atom is -0.298 e. The summed E-state index contributed by atoms with van der Waals surface area (Å²) < 4.78 is 0. The van der Waals surface area contributed by atoms with Crippen molar-refractivity contribution in [3.63, 3.8) is 0 Å². The average molecular weight is 382 g/mol. The van der Waals surface area contributed by atoms with Crippen LogP contribution < -0.4 is 5.43 Å². The molecule has 2 aromatic carbocycles. The number of likely N-dealkylation sites (tertiary alicyclic amines) is 1. The molecule has 3 rings (SSSR count). The van der Waals surface area contributed by atoms with Gasteiger partial charge in [-0.3, -0.25) is 9.69 Å². The largest absolute Gasteiger partial charge is 0.298 e. The normalized spacial score (nSPS) is 16.0. The van der Waals surface area contributed by atoms with Crippen LogP contribution in [-0.2, 0) is 11.3 Å². The summed E-state index contributed by atoms with van der Waals surface area (Å²) in [6, 6.07) is 18.8. The summed E-state index contributed by atoms with van der Waals surface area (Å²) in [4.78, 5) is 15.9. The van der Waals surface area contributed by atoms with Crippen LogP contribution in [0.25, 0.3) is 0 Å². The second-order valence-corrected chi connectivity index (χ2v) is 8.40. The molecule has 142 valence electrons. The molecule has 4 nitrogen and oxygen atoms in total. The molecule has 1 aliphatic heterocycles. The SMILES string of the molecule is Cc1ccc(S[C@H](C)C(=O)NN=C2CCN(Cc3ccccc3)CC2)cc1. The minimum atomic E-state index is -0.171. The maximum absolute atomic E-state index is 12.3. The Morgan fingerprint density at radius 3 is 2.44 bits per heavy atom. The minimum absolute atomic E-state index is 0.0419. The van der Waals surface area contributed by atoms with Crippen molar-refractivity contribution in [3.05, 3.63) is 65.7 Å². The van der Waals surface area contributed by atoms with Crippen molar-refractivity contribution in [2.45, 2.75) is 43.4 Å². The fourth-order valence-corrected chi connectivity index (χ4v) is 3.88. The number of aryl methyl sites for hydroxylation is 1. The number of thioether (sulfide) groups is 1.